The molecule has 0 N–H and O–H groups in total. The molecule has 1 saturated heterocycles. The first kappa shape index (κ1) is 24.2. The summed E-state index contributed by atoms with van der Waals surface area (Å²) < 4.78 is 52.8. The molecule has 31 heavy (non-hydrogen) atoms. The standard InChI is InChI=1S/C21H33N3O5S2/c1-4-22(5-2)31(28,29)19-9-10-20-18(16-19)8-7-13-24(20)21(25)17-11-14-23(15-12-17)30(26,27)6-3/h9-10,16-17H,4-8,11-15H2,1-3H3. The molecule has 2 aliphatic heterocycles. The van der Waals surface area contributed by atoms with Gasteiger partial charge in [0.05, 0.1) is 10.6 Å². The lowest BCUT2D eigenvalue weighted by atomic mass is 9.94. The molecule has 0 saturated carbocycles. The molecule has 0 aliphatic carbocycles. The summed E-state index contributed by atoms with van der Waals surface area (Å²) in [6.07, 6.45) is 2.53. The van der Waals surface area contributed by atoms with Gasteiger partial charge >= 0.3 is 0 Å². The van der Waals surface area contributed by atoms with Crippen molar-refractivity contribution >= 4 is 31.6 Å². The highest BCUT2D eigenvalue weighted by Crippen LogP contribution is 2.33. The van der Waals surface area contributed by atoms with Gasteiger partial charge in [-0.3, -0.25) is 4.79 Å². The van der Waals surface area contributed by atoms with Crippen LogP contribution in [0.2, 0.25) is 0 Å². The molecule has 1 aromatic carbocycles. The summed E-state index contributed by atoms with van der Waals surface area (Å²) in [5.41, 5.74) is 1.65. The van der Waals surface area contributed by atoms with Gasteiger partial charge in [0.1, 0.15) is 0 Å². The minimum atomic E-state index is -3.55. The molecule has 0 spiro atoms. The molecule has 0 unspecified atom stereocenters. The smallest absolute Gasteiger partial charge is 0.243 e. The summed E-state index contributed by atoms with van der Waals surface area (Å²) in [6, 6.07) is 5.05. The molecule has 0 aromatic heterocycles. The predicted molar refractivity (Wildman–Crippen MR) is 121 cm³/mol. The third-order valence-corrected chi connectivity index (χ3v) is 10.3. The third kappa shape index (κ3) is 4.81. The zero-order chi connectivity index (χ0) is 22.8. The lowest BCUT2D eigenvalue weighted by Crippen LogP contribution is -2.46. The van der Waals surface area contributed by atoms with Gasteiger partial charge in [-0.2, -0.15) is 4.31 Å². The maximum Gasteiger partial charge on any atom is 0.243 e. The van der Waals surface area contributed by atoms with Gasteiger partial charge in [0.25, 0.3) is 0 Å². The maximum absolute atomic E-state index is 13.3. The van der Waals surface area contributed by atoms with Crippen LogP contribution in [0.3, 0.4) is 0 Å². The zero-order valence-corrected chi connectivity index (χ0v) is 20.2. The van der Waals surface area contributed by atoms with E-state index in [1.54, 1.807) is 30.0 Å². The molecule has 3 rings (SSSR count). The van der Waals surface area contributed by atoms with Crippen LogP contribution in [0.5, 0.6) is 0 Å². The summed E-state index contributed by atoms with van der Waals surface area (Å²) in [5, 5.41) is 0. The Morgan fingerprint density at radius 1 is 1.03 bits per heavy atom. The number of fused-ring (bicyclic) bond motifs is 1. The number of benzene rings is 1. The van der Waals surface area contributed by atoms with Crippen LogP contribution in [0.4, 0.5) is 5.69 Å². The first-order valence-electron chi connectivity index (χ1n) is 11.1. The average molecular weight is 472 g/mol. The molecule has 0 atom stereocenters. The number of anilines is 1. The van der Waals surface area contributed by atoms with Gasteiger partial charge in [-0.25, -0.2) is 21.1 Å². The molecule has 0 bridgehead atoms. The number of rotatable bonds is 7. The van der Waals surface area contributed by atoms with E-state index in [-0.39, 0.29) is 22.5 Å². The molecule has 8 nitrogen and oxygen atoms in total. The second-order valence-electron chi connectivity index (χ2n) is 8.05. The van der Waals surface area contributed by atoms with E-state index in [1.165, 1.54) is 8.61 Å². The van der Waals surface area contributed by atoms with Crippen molar-refractivity contribution in [3.05, 3.63) is 23.8 Å². The SMILES string of the molecule is CCN(CC)S(=O)(=O)c1ccc2c(c1)CCCN2C(=O)C1CCN(S(=O)(=O)CC)CC1. The Kier molecular flexibility index (Phi) is 7.45. The number of amides is 1. The third-order valence-electron chi connectivity index (χ3n) is 6.34. The fourth-order valence-corrected chi connectivity index (χ4v) is 7.10. The Balaban J connectivity index is 1.79. The first-order chi connectivity index (χ1) is 14.7. The first-order valence-corrected chi connectivity index (χ1v) is 14.1. The van der Waals surface area contributed by atoms with Crippen LogP contribution in [0.25, 0.3) is 0 Å². The van der Waals surface area contributed by atoms with E-state index in [2.05, 4.69) is 0 Å². The highest BCUT2D eigenvalue weighted by molar-refractivity contribution is 7.89. The quantitative estimate of drug-likeness (QED) is 0.607. The fraction of sp³-hybridized carbons (Fsp3) is 0.667. The van der Waals surface area contributed by atoms with Crippen molar-refractivity contribution in [3.8, 4) is 0 Å². The van der Waals surface area contributed by atoms with Crippen molar-refractivity contribution in [1.29, 1.82) is 0 Å². The summed E-state index contributed by atoms with van der Waals surface area (Å²) in [4.78, 5) is 15.3. The van der Waals surface area contributed by atoms with Gasteiger partial charge in [0.15, 0.2) is 0 Å². The van der Waals surface area contributed by atoms with E-state index in [4.69, 9.17) is 0 Å². The van der Waals surface area contributed by atoms with Gasteiger partial charge in [-0.05, 0) is 56.4 Å². The molecule has 2 heterocycles. The molecule has 1 amide bonds. The number of piperidine rings is 1. The highest BCUT2D eigenvalue weighted by atomic mass is 32.2. The van der Waals surface area contributed by atoms with Crippen LogP contribution in [-0.4, -0.2) is 69.8 Å². The number of nitrogens with zero attached hydrogens (tertiary/aromatic N) is 3. The molecule has 10 heteroatoms. The van der Waals surface area contributed by atoms with Crippen LogP contribution < -0.4 is 4.90 Å². The van der Waals surface area contributed by atoms with Crippen LogP contribution in [0.15, 0.2) is 23.1 Å². The Morgan fingerprint density at radius 3 is 2.26 bits per heavy atom. The van der Waals surface area contributed by atoms with Crippen molar-refractivity contribution in [3.63, 3.8) is 0 Å². The number of carbonyl (C=O) groups is 1. The van der Waals surface area contributed by atoms with Gasteiger partial charge in [0.2, 0.25) is 26.0 Å². The average Bonchev–Trinajstić information content (AvgIpc) is 2.78. The number of hydrogen-bond acceptors (Lipinski definition) is 5. The molecule has 1 aromatic rings. The van der Waals surface area contributed by atoms with Crippen molar-refractivity contribution in [1.82, 2.24) is 8.61 Å². The Hall–Kier alpha value is -1.49. The van der Waals surface area contributed by atoms with Crippen molar-refractivity contribution < 1.29 is 21.6 Å². The molecule has 2 aliphatic rings. The molecule has 174 valence electrons. The van der Waals surface area contributed by atoms with Crippen molar-refractivity contribution in [2.24, 2.45) is 5.92 Å². The predicted octanol–water partition coefficient (Wildman–Crippen LogP) is 2.06. The minimum absolute atomic E-state index is 0.00819. The zero-order valence-electron chi connectivity index (χ0n) is 18.6. The van der Waals surface area contributed by atoms with Crippen molar-refractivity contribution in [2.45, 2.75) is 51.3 Å². The van der Waals surface area contributed by atoms with Crippen LogP contribution >= 0.6 is 0 Å². The van der Waals surface area contributed by atoms with E-state index in [0.29, 0.717) is 45.6 Å². The molecule has 1 fully saturated rings. The highest BCUT2D eigenvalue weighted by Gasteiger charge is 2.34. The number of carbonyl (C=O) groups excluding carboxylic acids is 1. The van der Waals surface area contributed by atoms with E-state index >= 15 is 0 Å². The van der Waals surface area contributed by atoms with Crippen LogP contribution in [0, 0.1) is 5.92 Å². The van der Waals surface area contributed by atoms with Gasteiger partial charge in [-0.15, -0.1) is 0 Å². The van der Waals surface area contributed by atoms with Crippen LogP contribution in [-0.2, 0) is 31.3 Å². The Bertz CT molecular complexity index is 1010. The maximum atomic E-state index is 13.3. The number of aryl methyl sites for hydroxylation is 1. The summed E-state index contributed by atoms with van der Waals surface area (Å²) >= 11 is 0. The summed E-state index contributed by atoms with van der Waals surface area (Å²) in [5.74, 6) is -0.133. The van der Waals surface area contributed by atoms with Crippen molar-refractivity contribution in [2.75, 3.05) is 43.4 Å². The second kappa shape index (κ2) is 9.56. The summed E-state index contributed by atoms with van der Waals surface area (Å²) in [6.45, 7) is 7.42. The topological polar surface area (TPSA) is 95.1 Å². The molecule has 0 radical (unpaired) electrons. The second-order valence-corrected chi connectivity index (χ2v) is 12.2. The normalized spacial score (nSPS) is 18.9. The summed E-state index contributed by atoms with van der Waals surface area (Å²) in [7, 11) is -6.77. The minimum Gasteiger partial charge on any atom is -0.312 e. The van der Waals surface area contributed by atoms with E-state index < -0.39 is 20.0 Å². The van der Waals surface area contributed by atoms with Gasteiger partial charge in [0, 0.05) is 44.3 Å². The monoisotopic (exact) mass is 471 g/mol. The molecular weight excluding hydrogens is 438 g/mol. The lowest BCUT2D eigenvalue weighted by Gasteiger charge is -2.36. The van der Waals surface area contributed by atoms with E-state index in [9.17, 15) is 21.6 Å². The van der Waals surface area contributed by atoms with Crippen LogP contribution in [0.1, 0.15) is 45.6 Å². The van der Waals surface area contributed by atoms with E-state index in [0.717, 1.165) is 24.1 Å². The Morgan fingerprint density at radius 2 is 1.68 bits per heavy atom. The fourth-order valence-electron chi connectivity index (χ4n) is 4.46. The Labute approximate surface area is 186 Å². The molecular formula is C21H33N3O5S2. The van der Waals surface area contributed by atoms with Gasteiger partial charge in [-0.1, -0.05) is 13.8 Å². The number of sulfonamides is 2. The van der Waals surface area contributed by atoms with E-state index in [1.807, 2.05) is 13.8 Å². The van der Waals surface area contributed by atoms with Gasteiger partial charge < -0.3 is 4.90 Å². The number of hydrogen-bond donors (Lipinski definition) is 0. The largest absolute Gasteiger partial charge is 0.312 e. The lowest BCUT2D eigenvalue weighted by molar-refractivity contribution is -0.123.